The number of halogens is 2. The molecular weight excluding hydrogens is 262 g/mol. The number of hydrogen-bond donors (Lipinski definition) is 1. The van der Waals surface area contributed by atoms with Crippen LogP contribution in [0.1, 0.15) is 25.3 Å². The van der Waals surface area contributed by atoms with E-state index in [0.717, 1.165) is 31.3 Å². The Bertz CT molecular complexity index is 479. The summed E-state index contributed by atoms with van der Waals surface area (Å²) in [4.78, 5) is 14.0. The number of benzene rings is 1. The molecule has 1 atom stereocenters. The van der Waals surface area contributed by atoms with Crippen LogP contribution in [0, 0.1) is 11.6 Å². The minimum absolute atomic E-state index is 0.140. The van der Waals surface area contributed by atoms with E-state index in [1.807, 2.05) is 11.8 Å². The third kappa shape index (κ3) is 3.76. The molecule has 1 aromatic rings. The van der Waals surface area contributed by atoms with Crippen LogP contribution in [0.15, 0.2) is 18.2 Å². The first-order valence-corrected chi connectivity index (χ1v) is 7.02. The SMILES string of the molecule is CC1CNCCN1C(=O)CCCc1ccc(F)c(F)c1. The van der Waals surface area contributed by atoms with Gasteiger partial charge in [-0.25, -0.2) is 8.78 Å². The number of rotatable bonds is 4. The Morgan fingerprint density at radius 2 is 2.20 bits per heavy atom. The van der Waals surface area contributed by atoms with E-state index in [1.165, 1.54) is 6.07 Å². The highest BCUT2D eigenvalue weighted by atomic mass is 19.2. The molecule has 1 saturated heterocycles. The molecule has 0 aliphatic carbocycles. The van der Waals surface area contributed by atoms with Crippen LogP contribution in [-0.2, 0) is 11.2 Å². The Kier molecular flexibility index (Phi) is 5.06. The summed E-state index contributed by atoms with van der Waals surface area (Å²) in [6.45, 7) is 4.43. The van der Waals surface area contributed by atoms with Crippen molar-refractivity contribution in [3.8, 4) is 0 Å². The summed E-state index contributed by atoms with van der Waals surface area (Å²) in [5.74, 6) is -1.52. The van der Waals surface area contributed by atoms with Crippen molar-refractivity contribution in [3.05, 3.63) is 35.4 Å². The normalized spacial score (nSPS) is 19.1. The van der Waals surface area contributed by atoms with Gasteiger partial charge >= 0.3 is 0 Å². The molecule has 1 heterocycles. The van der Waals surface area contributed by atoms with Crippen molar-refractivity contribution < 1.29 is 13.6 Å². The molecule has 0 spiro atoms. The van der Waals surface area contributed by atoms with Crippen molar-refractivity contribution in [3.63, 3.8) is 0 Å². The lowest BCUT2D eigenvalue weighted by molar-refractivity contribution is -0.134. The van der Waals surface area contributed by atoms with Gasteiger partial charge in [0.25, 0.3) is 0 Å². The van der Waals surface area contributed by atoms with Gasteiger partial charge < -0.3 is 10.2 Å². The lowest BCUT2D eigenvalue weighted by Crippen LogP contribution is -2.52. The summed E-state index contributed by atoms with van der Waals surface area (Å²) in [7, 11) is 0. The fraction of sp³-hybridized carbons (Fsp3) is 0.533. The fourth-order valence-corrected chi connectivity index (χ4v) is 2.49. The number of carbonyl (C=O) groups is 1. The Morgan fingerprint density at radius 3 is 2.90 bits per heavy atom. The molecule has 110 valence electrons. The second kappa shape index (κ2) is 6.79. The molecule has 0 aromatic heterocycles. The van der Waals surface area contributed by atoms with E-state index in [1.54, 1.807) is 6.07 Å². The summed E-state index contributed by atoms with van der Waals surface area (Å²) in [5, 5.41) is 3.24. The van der Waals surface area contributed by atoms with E-state index >= 15 is 0 Å². The first kappa shape index (κ1) is 14.9. The lowest BCUT2D eigenvalue weighted by atomic mass is 10.1. The molecule has 20 heavy (non-hydrogen) atoms. The highest BCUT2D eigenvalue weighted by Crippen LogP contribution is 2.13. The number of nitrogens with zero attached hydrogens (tertiary/aromatic N) is 1. The van der Waals surface area contributed by atoms with E-state index in [0.29, 0.717) is 19.3 Å². The molecule has 1 amide bonds. The van der Waals surface area contributed by atoms with E-state index in [9.17, 15) is 13.6 Å². The van der Waals surface area contributed by atoms with E-state index in [2.05, 4.69) is 5.32 Å². The highest BCUT2D eigenvalue weighted by molar-refractivity contribution is 5.76. The first-order chi connectivity index (χ1) is 9.58. The van der Waals surface area contributed by atoms with Crippen molar-refractivity contribution in [1.29, 1.82) is 0 Å². The molecule has 1 unspecified atom stereocenters. The van der Waals surface area contributed by atoms with Gasteiger partial charge in [0.05, 0.1) is 0 Å². The third-order valence-electron chi connectivity index (χ3n) is 3.66. The van der Waals surface area contributed by atoms with Gasteiger partial charge in [0.2, 0.25) is 5.91 Å². The van der Waals surface area contributed by atoms with Crippen molar-refractivity contribution in [1.82, 2.24) is 10.2 Å². The minimum Gasteiger partial charge on any atom is -0.337 e. The summed E-state index contributed by atoms with van der Waals surface area (Å²) in [5.41, 5.74) is 0.727. The average molecular weight is 282 g/mol. The van der Waals surface area contributed by atoms with Crippen LogP contribution in [0.4, 0.5) is 8.78 Å². The molecule has 1 fully saturated rings. The molecule has 1 aliphatic rings. The third-order valence-corrected chi connectivity index (χ3v) is 3.66. The molecule has 3 nitrogen and oxygen atoms in total. The molecule has 0 radical (unpaired) electrons. The smallest absolute Gasteiger partial charge is 0.222 e. The van der Waals surface area contributed by atoms with Crippen LogP contribution in [0.3, 0.4) is 0 Å². The van der Waals surface area contributed by atoms with Crippen molar-refractivity contribution >= 4 is 5.91 Å². The highest BCUT2D eigenvalue weighted by Gasteiger charge is 2.22. The first-order valence-electron chi connectivity index (χ1n) is 7.02. The maximum absolute atomic E-state index is 13.1. The van der Waals surface area contributed by atoms with Crippen molar-refractivity contribution in [2.24, 2.45) is 0 Å². The van der Waals surface area contributed by atoms with Gasteiger partial charge in [-0.3, -0.25) is 4.79 Å². The van der Waals surface area contributed by atoms with Gasteiger partial charge in [0, 0.05) is 32.1 Å². The second-order valence-electron chi connectivity index (χ2n) is 5.24. The number of nitrogens with one attached hydrogen (secondary N) is 1. The van der Waals surface area contributed by atoms with Crippen LogP contribution in [-0.4, -0.2) is 36.5 Å². The molecular formula is C15H20F2N2O. The van der Waals surface area contributed by atoms with Crippen LogP contribution in [0.2, 0.25) is 0 Å². The standard InChI is InChI=1S/C15H20F2N2O/c1-11-10-18-7-8-19(11)15(20)4-2-3-12-5-6-13(16)14(17)9-12/h5-6,9,11,18H,2-4,7-8,10H2,1H3. The van der Waals surface area contributed by atoms with Crippen LogP contribution < -0.4 is 5.32 Å². The van der Waals surface area contributed by atoms with Gasteiger partial charge in [-0.2, -0.15) is 0 Å². The quantitative estimate of drug-likeness (QED) is 0.917. The number of amides is 1. The van der Waals surface area contributed by atoms with Crippen molar-refractivity contribution in [2.75, 3.05) is 19.6 Å². The van der Waals surface area contributed by atoms with E-state index < -0.39 is 11.6 Å². The van der Waals surface area contributed by atoms with Gasteiger partial charge in [-0.15, -0.1) is 0 Å². The number of hydrogen-bond acceptors (Lipinski definition) is 2. The Morgan fingerprint density at radius 1 is 1.40 bits per heavy atom. The molecule has 2 rings (SSSR count). The number of carbonyl (C=O) groups excluding carboxylic acids is 1. The largest absolute Gasteiger partial charge is 0.337 e. The zero-order valence-electron chi connectivity index (χ0n) is 11.7. The van der Waals surface area contributed by atoms with Gasteiger partial charge in [0.15, 0.2) is 11.6 Å². The van der Waals surface area contributed by atoms with Gasteiger partial charge in [0.1, 0.15) is 0 Å². The zero-order valence-corrected chi connectivity index (χ0v) is 11.7. The lowest BCUT2D eigenvalue weighted by Gasteiger charge is -2.34. The Hall–Kier alpha value is -1.49. The molecule has 0 saturated carbocycles. The van der Waals surface area contributed by atoms with Crippen LogP contribution in [0.25, 0.3) is 0 Å². The maximum atomic E-state index is 13.1. The van der Waals surface area contributed by atoms with Gasteiger partial charge in [-0.1, -0.05) is 6.07 Å². The fourth-order valence-electron chi connectivity index (χ4n) is 2.49. The molecule has 1 N–H and O–H groups in total. The predicted molar refractivity (Wildman–Crippen MR) is 73.3 cm³/mol. The zero-order chi connectivity index (χ0) is 14.5. The monoisotopic (exact) mass is 282 g/mol. The predicted octanol–water partition coefficient (Wildman–Crippen LogP) is 2.11. The van der Waals surface area contributed by atoms with Crippen LogP contribution >= 0.6 is 0 Å². The average Bonchev–Trinajstić information content (AvgIpc) is 2.43. The Labute approximate surface area is 118 Å². The van der Waals surface area contributed by atoms with E-state index in [4.69, 9.17) is 0 Å². The Balaban J connectivity index is 1.80. The minimum atomic E-state index is -0.834. The summed E-state index contributed by atoms with van der Waals surface area (Å²) < 4.78 is 25.8. The molecule has 1 aromatic carbocycles. The number of piperazine rings is 1. The molecule has 0 bridgehead atoms. The number of aryl methyl sites for hydroxylation is 1. The van der Waals surface area contributed by atoms with Crippen LogP contribution in [0.5, 0.6) is 0 Å². The van der Waals surface area contributed by atoms with Gasteiger partial charge in [-0.05, 0) is 37.5 Å². The van der Waals surface area contributed by atoms with E-state index in [-0.39, 0.29) is 11.9 Å². The summed E-state index contributed by atoms with van der Waals surface area (Å²) in [6, 6.07) is 4.12. The molecule has 5 heteroatoms. The topological polar surface area (TPSA) is 32.3 Å². The maximum Gasteiger partial charge on any atom is 0.222 e. The van der Waals surface area contributed by atoms with Crippen molar-refractivity contribution in [2.45, 2.75) is 32.2 Å². The summed E-state index contributed by atoms with van der Waals surface area (Å²) in [6.07, 6.45) is 1.69. The second-order valence-corrected chi connectivity index (χ2v) is 5.24. The summed E-state index contributed by atoms with van der Waals surface area (Å²) >= 11 is 0. The molecule has 1 aliphatic heterocycles.